The third kappa shape index (κ3) is 2.98. The maximum atomic E-state index is 13.6. The fourth-order valence-electron chi connectivity index (χ4n) is 1.62. The molecule has 1 aromatic rings. The zero-order valence-electron chi connectivity index (χ0n) is 8.60. The van der Waals surface area contributed by atoms with Gasteiger partial charge in [-0.3, -0.25) is 0 Å². The highest BCUT2D eigenvalue weighted by atomic mass is 79.9. The average molecular weight is 279 g/mol. The van der Waals surface area contributed by atoms with Crippen molar-refractivity contribution in [1.82, 2.24) is 0 Å². The Morgan fingerprint density at radius 2 is 1.93 bits per heavy atom. The molecule has 0 heterocycles. The van der Waals surface area contributed by atoms with Crippen LogP contribution in [-0.2, 0) is 0 Å². The van der Waals surface area contributed by atoms with Crippen LogP contribution in [0.1, 0.15) is 31.7 Å². The number of benzene rings is 1. The van der Waals surface area contributed by atoms with Crippen LogP contribution in [0.4, 0.5) is 8.78 Å². The Morgan fingerprint density at radius 3 is 2.47 bits per heavy atom. The van der Waals surface area contributed by atoms with Crippen molar-refractivity contribution >= 4 is 15.9 Å². The van der Waals surface area contributed by atoms with Crippen molar-refractivity contribution in [2.75, 3.05) is 0 Å². The lowest BCUT2D eigenvalue weighted by atomic mass is 9.94. The molecular weight excluding hydrogens is 266 g/mol. The van der Waals surface area contributed by atoms with Gasteiger partial charge in [0.05, 0.1) is 10.6 Å². The van der Waals surface area contributed by atoms with Crippen LogP contribution in [0.2, 0.25) is 0 Å². The van der Waals surface area contributed by atoms with E-state index in [2.05, 4.69) is 15.9 Å². The molecule has 0 aliphatic carbocycles. The Labute approximate surface area is 96.2 Å². The predicted molar refractivity (Wildman–Crippen MR) is 58.8 cm³/mol. The van der Waals surface area contributed by atoms with E-state index in [-0.39, 0.29) is 16.0 Å². The number of aliphatic hydroxyl groups is 1. The summed E-state index contributed by atoms with van der Waals surface area (Å²) in [6, 6.07) is 2.56. The third-order valence-electron chi connectivity index (χ3n) is 2.27. The van der Waals surface area contributed by atoms with E-state index in [9.17, 15) is 13.9 Å². The molecule has 1 rings (SSSR count). The molecule has 0 fully saturated rings. The summed E-state index contributed by atoms with van der Waals surface area (Å²) in [5, 5.41) is 9.18. The highest BCUT2D eigenvalue weighted by Crippen LogP contribution is 2.30. The summed E-state index contributed by atoms with van der Waals surface area (Å²) < 4.78 is 27.2. The zero-order chi connectivity index (χ0) is 11.6. The topological polar surface area (TPSA) is 20.2 Å². The Hall–Kier alpha value is -0.480. The van der Waals surface area contributed by atoms with Crippen molar-refractivity contribution in [3.8, 4) is 0 Å². The van der Waals surface area contributed by atoms with E-state index in [0.717, 1.165) is 0 Å². The molecule has 2 unspecified atom stereocenters. The molecule has 4 heteroatoms. The van der Waals surface area contributed by atoms with Gasteiger partial charge in [-0.05, 0) is 47.3 Å². The maximum Gasteiger partial charge on any atom is 0.143 e. The number of rotatable bonds is 3. The van der Waals surface area contributed by atoms with Crippen molar-refractivity contribution in [2.45, 2.75) is 32.3 Å². The highest BCUT2D eigenvalue weighted by Gasteiger charge is 2.19. The molecule has 0 amide bonds. The molecule has 1 N–H and O–H groups in total. The van der Waals surface area contributed by atoms with Gasteiger partial charge in [0.2, 0.25) is 0 Å². The van der Waals surface area contributed by atoms with Crippen molar-refractivity contribution in [3.05, 3.63) is 33.8 Å². The van der Waals surface area contributed by atoms with Gasteiger partial charge in [0.25, 0.3) is 0 Å². The van der Waals surface area contributed by atoms with Crippen LogP contribution in [-0.4, -0.2) is 11.2 Å². The van der Waals surface area contributed by atoms with E-state index in [0.29, 0.717) is 6.42 Å². The van der Waals surface area contributed by atoms with Gasteiger partial charge in [0, 0.05) is 5.56 Å². The SMILES string of the molecule is CC(O)CC(C)c1c(F)ccc(Br)c1F. The van der Waals surface area contributed by atoms with Crippen LogP contribution >= 0.6 is 15.9 Å². The van der Waals surface area contributed by atoms with Crippen LogP contribution in [0.5, 0.6) is 0 Å². The predicted octanol–water partition coefficient (Wildman–Crippen LogP) is 3.60. The Morgan fingerprint density at radius 1 is 1.33 bits per heavy atom. The number of halogens is 3. The summed E-state index contributed by atoms with van der Waals surface area (Å²) in [6.45, 7) is 3.30. The molecule has 84 valence electrons. The fourth-order valence-corrected chi connectivity index (χ4v) is 1.97. The summed E-state index contributed by atoms with van der Waals surface area (Å²) in [7, 11) is 0. The van der Waals surface area contributed by atoms with Crippen molar-refractivity contribution in [2.24, 2.45) is 0 Å². The molecule has 0 spiro atoms. The van der Waals surface area contributed by atoms with Gasteiger partial charge in [-0.25, -0.2) is 8.78 Å². The Kier molecular flexibility index (Phi) is 4.22. The molecule has 0 saturated heterocycles. The third-order valence-corrected chi connectivity index (χ3v) is 2.88. The van der Waals surface area contributed by atoms with Gasteiger partial charge < -0.3 is 5.11 Å². The lowest BCUT2D eigenvalue weighted by Crippen LogP contribution is -2.09. The summed E-state index contributed by atoms with van der Waals surface area (Å²) in [5.74, 6) is -1.49. The number of hydrogen-bond acceptors (Lipinski definition) is 1. The highest BCUT2D eigenvalue weighted by molar-refractivity contribution is 9.10. The van der Waals surface area contributed by atoms with Crippen LogP contribution in [0.15, 0.2) is 16.6 Å². The molecule has 0 radical (unpaired) electrons. The number of aliphatic hydroxyl groups excluding tert-OH is 1. The smallest absolute Gasteiger partial charge is 0.143 e. The van der Waals surface area contributed by atoms with Gasteiger partial charge in [0.15, 0.2) is 0 Å². The maximum absolute atomic E-state index is 13.6. The minimum atomic E-state index is -0.580. The van der Waals surface area contributed by atoms with E-state index < -0.39 is 17.7 Å². The molecule has 15 heavy (non-hydrogen) atoms. The average Bonchev–Trinajstić information content (AvgIpc) is 2.11. The fraction of sp³-hybridized carbons (Fsp3) is 0.455. The first-order valence-electron chi connectivity index (χ1n) is 4.75. The number of hydrogen-bond donors (Lipinski definition) is 1. The first-order chi connectivity index (χ1) is 6.93. The van der Waals surface area contributed by atoms with Gasteiger partial charge in [0.1, 0.15) is 11.6 Å². The largest absolute Gasteiger partial charge is 0.393 e. The molecule has 1 aromatic carbocycles. The zero-order valence-corrected chi connectivity index (χ0v) is 10.2. The van der Waals surface area contributed by atoms with Crippen LogP contribution in [0.25, 0.3) is 0 Å². The summed E-state index contributed by atoms with van der Waals surface area (Å²) in [4.78, 5) is 0. The van der Waals surface area contributed by atoms with E-state index in [1.807, 2.05) is 0 Å². The molecular formula is C11H13BrF2O. The van der Waals surface area contributed by atoms with E-state index in [1.165, 1.54) is 12.1 Å². The van der Waals surface area contributed by atoms with E-state index >= 15 is 0 Å². The summed E-state index contributed by atoms with van der Waals surface area (Å²) in [6.07, 6.45) is -0.234. The molecule has 2 atom stereocenters. The lowest BCUT2D eigenvalue weighted by molar-refractivity contribution is 0.175. The van der Waals surface area contributed by atoms with Crippen molar-refractivity contribution in [1.29, 1.82) is 0 Å². The molecule has 0 aromatic heterocycles. The minimum Gasteiger partial charge on any atom is -0.393 e. The van der Waals surface area contributed by atoms with E-state index in [4.69, 9.17) is 0 Å². The minimum absolute atomic E-state index is 0.0327. The van der Waals surface area contributed by atoms with Crippen molar-refractivity contribution < 1.29 is 13.9 Å². The standard InChI is InChI=1S/C11H13BrF2O/c1-6(5-7(2)15)10-9(13)4-3-8(12)11(10)14/h3-4,6-7,15H,5H2,1-2H3. The molecule has 0 bridgehead atoms. The van der Waals surface area contributed by atoms with Gasteiger partial charge in [-0.1, -0.05) is 6.92 Å². The quantitative estimate of drug-likeness (QED) is 0.838. The van der Waals surface area contributed by atoms with Crippen LogP contribution in [0.3, 0.4) is 0 Å². The summed E-state index contributed by atoms with van der Waals surface area (Å²) in [5.41, 5.74) is 0.0327. The normalized spacial score (nSPS) is 15.1. The van der Waals surface area contributed by atoms with Gasteiger partial charge in [-0.15, -0.1) is 0 Å². The summed E-state index contributed by atoms with van der Waals surface area (Å²) >= 11 is 3.01. The second-order valence-electron chi connectivity index (χ2n) is 3.74. The van der Waals surface area contributed by atoms with E-state index in [1.54, 1.807) is 13.8 Å². The molecule has 0 aliphatic heterocycles. The Bertz CT molecular complexity index is 353. The second kappa shape index (κ2) is 5.03. The van der Waals surface area contributed by atoms with Crippen LogP contribution in [0, 0.1) is 11.6 Å². The first kappa shape index (κ1) is 12.6. The van der Waals surface area contributed by atoms with Crippen LogP contribution < -0.4 is 0 Å². The molecule has 0 saturated carbocycles. The van der Waals surface area contributed by atoms with Gasteiger partial charge >= 0.3 is 0 Å². The monoisotopic (exact) mass is 278 g/mol. The molecule has 0 aliphatic rings. The van der Waals surface area contributed by atoms with Gasteiger partial charge in [-0.2, -0.15) is 0 Å². The first-order valence-corrected chi connectivity index (χ1v) is 5.54. The Balaban J connectivity index is 3.07. The van der Waals surface area contributed by atoms with Crippen molar-refractivity contribution in [3.63, 3.8) is 0 Å². The molecule has 1 nitrogen and oxygen atoms in total. The second-order valence-corrected chi connectivity index (χ2v) is 4.60. The lowest BCUT2D eigenvalue weighted by Gasteiger charge is -2.16.